The highest BCUT2D eigenvalue weighted by atomic mass is 79.9. The monoisotopic (exact) mass is 337 g/mol. The molecule has 2 aliphatic rings. The van der Waals surface area contributed by atoms with Crippen molar-refractivity contribution < 1.29 is 9.90 Å². The van der Waals surface area contributed by atoms with Crippen molar-refractivity contribution in [3.63, 3.8) is 0 Å². The summed E-state index contributed by atoms with van der Waals surface area (Å²) in [5.74, 6) is -0.390. The Morgan fingerprint density at radius 3 is 2.53 bits per heavy atom. The van der Waals surface area contributed by atoms with Crippen LogP contribution in [-0.4, -0.2) is 15.6 Å². The summed E-state index contributed by atoms with van der Waals surface area (Å²) in [6, 6.07) is 0. The SMILES string of the molecule is CC1(C)[C@H]2CC[C@](C(=O)[O-])(C2)[C@@]1(Br)CBr. The molecule has 3 atom stereocenters. The Hall–Kier alpha value is 0.430. The van der Waals surface area contributed by atoms with Gasteiger partial charge in [0, 0.05) is 16.7 Å². The number of carboxylic acid groups (broad SMARTS) is 1. The molecular formula is C11H15Br2O2-. The fourth-order valence-electron chi connectivity index (χ4n) is 3.61. The lowest BCUT2D eigenvalue weighted by molar-refractivity contribution is -0.320. The molecule has 0 saturated heterocycles. The fourth-order valence-corrected chi connectivity index (χ4v) is 5.71. The first-order valence-corrected chi connectivity index (χ1v) is 7.19. The summed E-state index contributed by atoms with van der Waals surface area (Å²) in [6.07, 6.45) is 2.53. The number of halogens is 2. The molecule has 0 unspecified atom stereocenters. The van der Waals surface area contributed by atoms with E-state index in [1.807, 2.05) is 0 Å². The van der Waals surface area contributed by atoms with E-state index in [-0.39, 0.29) is 9.74 Å². The minimum Gasteiger partial charge on any atom is -0.550 e. The number of carbonyl (C=O) groups is 1. The van der Waals surface area contributed by atoms with Crippen LogP contribution in [0.15, 0.2) is 0 Å². The molecule has 2 saturated carbocycles. The third-order valence-electron chi connectivity index (χ3n) is 4.89. The molecule has 2 rings (SSSR count). The average molecular weight is 339 g/mol. The summed E-state index contributed by atoms with van der Waals surface area (Å²) in [6.45, 7) is 4.33. The molecule has 0 radical (unpaired) electrons. The molecular weight excluding hydrogens is 324 g/mol. The van der Waals surface area contributed by atoms with E-state index >= 15 is 0 Å². The van der Waals surface area contributed by atoms with Crippen LogP contribution in [0.4, 0.5) is 0 Å². The Morgan fingerprint density at radius 2 is 2.13 bits per heavy atom. The first-order chi connectivity index (χ1) is 6.82. The van der Waals surface area contributed by atoms with Gasteiger partial charge in [0.25, 0.3) is 0 Å². The highest BCUT2D eigenvalue weighted by Crippen LogP contribution is 2.71. The van der Waals surface area contributed by atoms with Crippen molar-refractivity contribution in [3.05, 3.63) is 0 Å². The molecule has 2 bridgehead atoms. The Bertz CT molecular complexity index is 316. The highest BCUT2D eigenvalue weighted by molar-refractivity contribution is 9.12. The van der Waals surface area contributed by atoms with Crippen LogP contribution in [0.2, 0.25) is 0 Å². The lowest BCUT2D eigenvalue weighted by Crippen LogP contribution is -2.58. The summed E-state index contributed by atoms with van der Waals surface area (Å²) < 4.78 is -0.366. The van der Waals surface area contributed by atoms with Crippen LogP contribution in [0.5, 0.6) is 0 Å². The molecule has 0 heterocycles. The molecule has 4 heteroatoms. The molecule has 2 aliphatic carbocycles. The molecule has 0 aromatic carbocycles. The molecule has 2 nitrogen and oxygen atoms in total. The lowest BCUT2D eigenvalue weighted by Gasteiger charge is -2.51. The van der Waals surface area contributed by atoms with Gasteiger partial charge in [-0.05, 0) is 30.6 Å². The summed E-state index contributed by atoms with van der Waals surface area (Å²) in [7, 11) is 0. The Morgan fingerprint density at radius 1 is 1.53 bits per heavy atom. The molecule has 0 N–H and O–H groups in total. The molecule has 0 aromatic heterocycles. The van der Waals surface area contributed by atoms with Gasteiger partial charge in [0.15, 0.2) is 0 Å². The van der Waals surface area contributed by atoms with Crippen molar-refractivity contribution in [2.45, 2.75) is 37.4 Å². The minimum atomic E-state index is -0.883. The zero-order valence-electron chi connectivity index (χ0n) is 8.98. The maximum atomic E-state index is 11.5. The Balaban J connectivity index is 2.54. The first-order valence-electron chi connectivity index (χ1n) is 5.28. The van der Waals surface area contributed by atoms with Crippen molar-refractivity contribution >= 4 is 37.8 Å². The standard InChI is InChI=1S/C11H16Br2O2/c1-9(2)7-3-4-10(5-7,8(14)15)11(9,13)6-12/h7H,3-6H2,1-2H3,(H,14,15)/p-1/t7-,10+,11+/m0/s1. The van der Waals surface area contributed by atoms with Crippen LogP contribution < -0.4 is 5.11 Å². The Labute approximate surface area is 107 Å². The van der Waals surface area contributed by atoms with E-state index in [0.29, 0.717) is 11.2 Å². The molecule has 15 heavy (non-hydrogen) atoms. The van der Waals surface area contributed by atoms with E-state index < -0.39 is 11.4 Å². The minimum absolute atomic E-state index is 0.00875. The van der Waals surface area contributed by atoms with Crippen molar-refractivity contribution in [2.24, 2.45) is 16.7 Å². The second kappa shape index (κ2) is 3.22. The molecule has 0 aromatic rings. The van der Waals surface area contributed by atoms with E-state index in [4.69, 9.17) is 0 Å². The highest BCUT2D eigenvalue weighted by Gasteiger charge is 2.69. The van der Waals surface area contributed by atoms with Gasteiger partial charge >= 0.3 is 0 Å². The van der Waals surface area contributed by atoms with Gasteiger partial charge in [-0.25, -0.2) is 0 Å². The number of hydrogen-bond acceptors (Lipinski definition) is 2. The van der Waals surface area contributed by atoms with E-state index in [0.717, 1.165) is 19.3 Å². The number of aliphatic carboxylic acids is 1. The molecule has 86 valence electrons. The largest absolute Gasteiger partial charge is 0.550 e. The quantitative estimate of drug-likeness (QED) is 0.723. The number of fused-ring (bicyclic) bond motifs is 2. The fraction of sp³-hybridized carbons (Fsp3) is 0.909. The average Bonchev–Trinajstić information content (AvgIpc) is 2.67. The number of alkyl halides is 2. The number of carbonyl (C=O) groups excluding carboxylic acids is 1. The third-order valence-corrected chi connectivity index (χ3v) is 8.54. The van der Waals surface area contributed by atoms with Crippen LogP contribution >= 0.6 is 31.9 Å². The van der Waals surface area contributed by atoms with Gasteiger partial charge in [-0.15, -0.1) is 0 Å². The summed E-state index contributed by atoms with van der Waals surface area (Å²) >= 11 is 7.19. The van der Waals surface area contributed by atoms with E-state index in [9.17, 15) is 9.90 Å². The summed E-state index contributed by atoms with van der Waals surface area (Å²) in [4.78, 5) is 11.5. The second-order valence-corrected chi connectivity index (χ2v) is 7.38. The molecule has 2 fully saturated rings. The topological polar surface area (TPSA) is 40.1 Å². The van der Waals surface area contributed by atoms with E-state index in [1.165, 1.54) is 0 Å². The maximum absolute atomic E-state index is 11.5. The number of hydrogen-bond donors (Lipinski definition) is 0. The zero-order valence-corrected chi connectivity index (χ0v) is 12.2. The summed E-state index contributed by atoms with van der Waals surface area (Å²) in [5.41, 5.74) is -0.667. The maximum Gasteiger partial charge on any atom is 0.0516 e. The predicted molar refractivity (Wildman–Crippen MR) is 64.0 cm³/mol. The van der Waals surface area contributed by atoms with Gasteiger partial charge in [-0.3, -0.25) is 0 Å². The van der Waals surface area contributed by atoms with Crippen LogP contribution in [-0.2, 0) is 4.79 Å². The molecule has 0 spiro atoms. The number of carboxylic acids is 1. The number of rotatable bonds is 2. The predicted octanol–water partition coefficient (Wildman–Crippen LogP) is 2.09. The van der Waals surface area contributed by atoms with E-state index in [2.05, 4.69) is 45.7 Å². The molecule has 0 aliphatic heterocycles. The second-order valence-electron chi connectivity index (χ2n) is 5.47. The van der Waals surface area contributed by atoms with Crippen LogP contribution in [0, 0.1) is 16.7 Å². The first kappa shape index (κ1) is 11.9. The van der Waals surface area contributed by atoms with Crippen molar-refractivity contribution in [3.8, 4) is 0 Å². The smallest absolute Gasteiger partial charge is 0.0516 e. The molecule has 0 amide bonds. The summed E-state index contributed by atoms with van der Waals surface area (Å²) in [5, 5.41) is 12.1. The van der Waals surface area contributed by atoms with Crippen molar-refractivity contribution in [2.75, 3.05) is 5.33 Å². The van der Waals surface area contributed by atoms with Crippen LogP contribution in [0.3, 0.4) is 0 Å². The van der Waals surface area contributed by atoms with Crippen LogP contribution in [0.25, 0.3) is 0 Å². The van der Waals surface area contributed by atoms with Gasteiger partial charge in [0.1, 0.15) is 0 Å². The van der Waals surface area contributed by atoms with Gasteiger partial charge in [-0.2, -0.15) is 0 Å². The third kappa shape index (κ3) is 1.13. The lowest BCUT2D eigenvalue weighted by atomic mass is 9.64. The Kier molecular flexibility index (Phi) is 2.56. The van der Waals surface area contributed by atoms with E-state index in [1.54, 1.807) is 0 Å². The van der Waals surface area contributed by atoms with Crippen molar-refractivity contribution in [1.82, 2.24) is 0 Å². The van der Waals surface area contributed by atoms with Gasteiger partial charge < -0.3 is 9.90 Å². The van der Waals surface area contributed by atoms with Gasteiger partial charge in [-0.1, -0.05) is 45.7 Å². The van der Waals surface area contributed by atoms with Gasteiger partial charge in [0.05, 0.1) is 4.32 Å². The normalized spacial score (nSPS) is 47.1. The van der Waals surface area contributed by atoms with Crippen molar-refractivity contribution in [1.29, 1.82) is 0 Å². The zero-order chi connectivity index (χ0) is 11.5. The van der Waals surface area contributed by atoms with Gasteiger partial charge in [0.2, 0.25) is 0 Å². The van der Waals surface area contributed by atoms with Crippen LogP contribution in [0.1, 0.15) is 33.1 Å².